The molecule has 1 heterocycles. The van der Waals surface area contributed by atoms with Crippen LogP contribution in [0.1, 0.15) is 44.8 Å². The van der Waals surface area contributed by atoms with E-state index in [-0.39, 0.29) is 5.54 Å². The summed E-state index contributed by atoms with van der Waals surface area (Å²) in [5.41, 5.74) is 1.15. The van der Waals surface area contributed by atoms with Crippen LogP contribution in [0, 0.1) is 5.92 Å². The lowest BCUT2D eigenvalue weighted by atomic mass is 10.0. The van der Waals surface area contributed by atoms with Crippen LogP contribution in [0.15, 0.2) is 5.38 Å². The van der Waals surface area contributed by atoms with E-state index in [1.165, 1.54) is 11.4 Å². The molecule has 1 aromatic rings. The number of hydrogen-bond donors (Lipinski definition) is 1. The van der Waals surface area contributed by atoms with Gasteiger partial charge < -0.3 is 5.32 Å². The van der Waals surface area contributed by atoms with Crippen molar-refractivity contribution in [2.75, 3.05) is 7.05 Å². The van der Waals surface area contributed by atoms with Crippen molar-refractivity contribution in [3.8, 4) is 0 Å². The third-order valence-corrected chi connectivity index (χ3v) is 3.66. The van der Waals surface area contributed by atoms with E-state index in [2.05, 4.69) is 43.4 Å². The van der Waals surface area contributed by atoms with Crippen LogP contribution in [-0.2, 0) is 12.0 Å². The summed E-state index contributed by atoms with van der Waals surface area (Å²) in [4.78, 5) is 4.68. The zero-order valence-electron chi connectivity index (χ0n) is 10.4. The fraction of sp³-hybridized carbons (Fsp3) is 0.750. The van der Waals surface area contributed by atoms with Crippen molar-refractivity contribution in [1.82, 2.24) is 10.3 Å². The minimum absolute atomic E-state index is 0.00736. The van der Waals surface area contributed by atoms with Crippen LogP contribution in [0.25, 0.3) is 0 Å². The van der Waals surface area contributed by atoms with Crippen LogP contribution in [0.5, 0.6) is 0 Å². The van der Waals surface area contributed by atoms with Crippen LogP contribution in [0.4, 0.5) is 0 Å². The van der Waals surface area contributed by atoms with Gasteiger partial charge in [0.2, 0.25) is 0 Å². The fourth-order valence-corrected chi connectivity index (χ4v) is 2.23. The number of rotatable bonds is 5. The van der Waals surface area contributed by atoms with E-state index < -0.39 is 0 Å². The average molecular weight is 226 g/mol. The van der Waals surface area contributed by atoms with E-state index >= 15 is 0 Å². The Morgan fingerprint density at radius 2 is 2.13 bits per heavy atom. The molecule has 0 saturated heterocycles. The Morgan fingerprint density at radius 3 is 2.67 bits per heavy atom. The van der Waals surface area contributed by atoms with Crippen molar-refractivity contribution in [3.63, 3.8) is 0 Å². The lowest BCUT2D eigenvalue weighted by Crippen LogP contribution is -2.33. The van der Waals surface area contributed by atoms with Gasteiger partial charge in [-0.05, 0) is 39.7 Å². The van der Waals surface area contributed by atoms with E-state index in [9.17, 15) is 0 Å². The van der Waals surface area contributed by atoms with Gasteiger partial charge in [0.1, 0.15) is 0 Å². The number of aromatic nitrogens is 1. The second-order valence-corrected chi connectivity index (χ2v) is 5.88. The van der Waals surface area contributed by atoms with E-state index in [4.69, 9.17) is 0 Å². The first-order chi connectivity index (χ1) is 6.95. The summed E-state index contributed by atoms with van der Waals surface area (Å²) in [5, 5.41) is 6.72. The molecule has 0 aromatic carbocycles. The molecule has 1 rings (SSSR count). The van der Waals surface area contributed by atoms with E-state index in [0.29, 0.717) is 0 Å². The first-order valence-electron chi connectivity index (χ1n) is 5.59. The summed E-state index contributed by atoms with van der Waals surface area (Å²) in [7, 11) is 1.98. The van der Waals surface area contributed by atoms with Crippen LogP contribution in [-0.4, -0.2) is 12.0 Å². The molecule has 0 unspecified atom stereocenters. The zero-order valence-corrected chi connectivity index (χ0v) is 11.2. The molecule has 0 aliphatic carbocycles. The van der Waals surface area contributed by atoms with Crippen molar-refractivity contribution >= 4 is 11.3 Å². The molecule has 0 spiro atoms. The molecule has 1 aromatic heterocycles. The monoisotopic (exact) mass is 226 g/mol. The Labute approximate surface area is 97.1 Å². The normalized spacial score (nSPS) is 12.4. The Morgan fingerprint density at radius 1 is 1.47 bits per heavy atom. The molecule has 0 radical (unpaired) electrons. The number of thiazole rings is 1. The Hall–Kier alpha value is -0.410. The van der Waals surface area contributed by atoms with Gasteiger partial charge in [-0.3, -0.25) is 0 Å². The maximum absolute atomic E-state index is 4.68. The summed E-state index contributed by atoms with van der Waals surface area (Å²) < 4.78 is 0. The molecule has 1 N–H and O–H groups in total. The van der Waals surface area contributed by atoms with Crippen molar-refractivity contribution < 1.29 is 0 Å². The lowest BCUT2D eigenvalue weighted by Gasteiger charge is -2.21. The quantitative estimate of drug-likeness (QED) is 0.834. The average Bonchev–Trinajstić information content (AvgIpc) is 2.63. The topological polar surface area (TPSA) is 24.9 Å². The standard InChI is InChI=1S/C12H22N2S/c1-9(2)6-7-11-14-10(8-15-11)12(3,4)13-5/h8-9,13H,6-7H2,1-5H3. The second-order valence-electron chi connectivity index (χ2n) is 4.93. The molecule has 0 amide bonds. The van der Waals surface area contributed by atoms with Crippen molar-refractivity contribution in [2.24, 2.45) is 5.92 Å². The van der Waals surface area contributed by atoms with Crippen LogP contribution >= 0.6 is 11.3 Å². The Kier molecular flexibility index (Phi) is 4.29. The van der Waals surface area contributed by atoms with E-state index in [0.717, 1.165) is 18.0 Å². The summed E-state index contributed by atoms with van der Waals surface area (Å²) in [6, 6.07) is 0. The molecule has 0 aliphatic heterocycles. The molecule has 2 nitrogen and oxygen atoms in total. The van der Waals surface area contributed by atoms with Gasteiger partial charge in [0.15, 0.2) is 0 Å². The molecule has 3 heteroatoms. The van der Waals surface area contributed by atoms with Crippen LogP contribution in [0.2, 0.25) is 0 Å². The highest BCUT2D eigenvalue weighted by atomic mass is 32.1. The number of nitrogens with zero attached hydrogens (tertiary/aromatic N) is 1. The molecule has 0 saturated carbocycles. The van der Waals surface area contributed by atoms with Crippen molar-refractivity contribution in [1.29, 1.82) is 0 Å². The van der Waals surface area contributed by atoms with Gasteiger partial charge in [0.05, 0.1) is 16.2 Å². The molecule has 0 aliphatic rings. The first-order valence-corrected chi connectivity index (χ1v) is 6.47. The van der Waals surface area contributed by atoms with Gasteiger partial charge in [-0.1, -0.05) is 13.8 Å². The highest BCUT2D eigenvalue weighted by molar-refractivity contribution is 7.09. The van der Waals surface area contributed by atoms with Crippen molar-refractivity contribution in [3.05, 3.63) is 16.1 Å². The van der Waals surface area contributed by atoms with Crippen molar-refractivity contribution in [2.45, 2.75) is 46.1 Å². The summed E-state index contributed by atoms with van der Waals surface area (Å²) in [5.74, 6) is 0.759. The summed E-state index contributed by atoms with van der Waals surface area (Å²) >= 11 is 1.78. The molecule has 15 heavy (non-hydrogen) atoms. The maximum Gasteiger partial charge on any atom is 0.0929 e. The largest absolute Gasteiger partial charge is 0.310 e. The lowest BCUT2D eigenvalue weighted by molar-refractivity contribution is 0.432. The molecular formula is C12H22N2S. The van der Waals surface area contributed by atoms with E-state index in [1.807, 2.05) is 7.05 Å². The fourth-order valence-electron chi connectivity index (χ4n) is 1.25. The molecule has 0 bridgehead atoms. The molecular weight excluding hydrogens is 204 g/mol. The van der Waals surface area contributed by atoms with Gasteiger partial charge in [-0.15, -0.1) is 11.3 Å². The molecule has 0 fully saturated rings. The maximum atomic E-state index is 4.68. The number of nitrogens with one attached hydrogen (secondary N) is 1. The third-order valence-electron chi connectivity index (χ3n) is 2.75. The smallest absolute Gasteiger partial charge is 0.0929 e. The Balaban J connectivity index is 2.64. The third kappa shape index (κ3) is 3.58. The highest BCUT2D eigenvalue weighted by Crippen LogP contribution is 2.23. The first kappa shape index (κ1) is 12.7. The van der Waals surface area contributed by atoms with Gasteiger partial charge in [-0.25, -0.2) is 4.98 Å². The summed E-state index contributed by atoms with van der Waals surface area (Å²) in [6.45, 7) is 8.83. The van der Waals surface area contributed by atoms with E-state index in [1.54, 1.807) is 11.3 Å². The number of aryl methyl sites for hydroxylation is 1. The minimum atomic E-state index is -0.00736. The Bertz CT molecular complexity index is 302. The predicted octanol–water partition coefficient (Wildman–Crippen LogP) is 3.19. The second kappa shape index (κ2) is 5.08. The molecule has 86 valence electrons. The van der Waals surface area contributed by atoms with Gasteiger partial charge in [0.25, 0.3) is 0 Å². The zero-order chi connectivity index (χ0) is 11.5. The van der Waals surface area contributed by atoms with Crippen LogP contribution in [0.3, 0.4) is 0 Å². The highest BCUT2D eigenvalue weighted by Gasteiger charge is 2.20. The summed E-state index contributed by atoms with van der Waals surface area (Å²) in [6.07, 6.45) is 2.34. The molecule has 0 atom stereocenters. The SMILES string of the molecule is CNC(C)(C)c1csc(CCC(C)C)n1. The van der Waals surface area contributed by atoms with Gasteiger partial charge in [0, 0.05) is 5.38 Å². The van der Waals surface area contributed by atoms with Crippen LogP contribution < -0.4 is 5.32 Å². The van der Waals surface area contributed by atoms with Gasteiger partial charge >= 0.3 is 0 Å². The predicted molar refractivity (Wildman–Crippen MR) is 67.4 cm³/mol. The van der Waals surface area contributed by atoms with Gasteiger partial charge in [-0.2, -0.15) is 0 Å². The number of hydrogen-bond acceptors (Lipinski definition) is 3. The minimum Gasteiger partial charge on any atom is -0.310 e.